The smallest absolute Gasteiger partial charge is 0.149 e. The Bertz CT molecular complexity index is 2080. The van der Waals surface area contributed by atoms with Gasteiger partial charge < -0.3 is 4.90 Å². The van der Waals surface area contributed by atoms with Gasteiger partial charge in [-0.15, -0.1) is 0 Å². The summed E-state index contributed by atoms with van der Waals surface area (Å²) in [5.41, 5.74) is 8.79. The van der Waals surface area contributed by atoms with Gasteiger partial charge in [0.05, 0.1) is 5.69 Å². The Morgan fingerprint density at radius 2 is 1.02 bits per heavy atom. The summed E-state index contributed by atoms with van der Waals surface area (Å²) in [5.74, 6) is 0. The molecule has 1 unspecified atom stereocenters. The summed E-state index contributed by atoms with van der Waals surface area (Å²) in [6, 6.07) is 62.3. The van der Waals surface area contributed by atoms with Gasteiger partial charge in [-0.2, -0.15) is 0 Å². The minimum absolute atomic E-state index is 1.16. The van der Waals surface area contributed by atoms with E-state index in [4.69, 9.17) is 0 Å². The average molecular weight is 566 g/mol. The monoisotopic (exact) mass is 565 g/mol. The fraction of sp³-hybridized carbons (Fsp3) is 0.0244. The van der Waals surface area contributed by atoms with E-state index in [1.54, 1.807) is 0 Å². The zero-order chi connectivity index (χ0) is 28.8. The fourth-order valence-corrected chi connectivity index (χ4v) is 11.5. The number of fused-ring (bicyclic) bond motifs is 4. The van der Waals surface area contributed by atoms with E-state index in [1.807, 2.05) is 0 Å². The van der Waals surface area contributed by atoms with E-state index in [9.17, 15) is 0 Å². The number of hydrogen-bond acceptors (Lipinski definition) is 1. The van der Waals surface area contributed by atoms with E-state index in [1.165, 1.54) is 60.0 Å². The maximum absolute atomic E-state index is 2.54. The van der Waals surface area contributed by atoms with Crippen molar-refractivity contribution >= 4 is 51.5 Å². The van der Waals surface area contributed by atoms with Crippen molar-refractivity contribution in [1.29, 1.82) is 0 Å². The Kier molecular flexibility index (Phi) is 6.10. The molecule has 1 atom stereocenters. The van der Waals surface area contributed by atoms with Gasteiger partial charge in [-0.1, -0.05) is 152 Å². The van der Waals surface area contributed by atoms with Crippen LogP contribution in [-0.2, 0) is 0 Å². The van der Waals surface area contributed by atoms with E-state index in [0.29, 0.717) is 0 Å². The molecule has 0 radical (unpaired) electrons. The van der Waals surface area contributed by atoms with Crippen molar-refractivity contribution < 1.29 is 0 Å². The fourth-order valence-electron chi connectivity index (χ4n) is 7.08. The van der Waals surface area contributed by atoms with Crippen LogP contribution in [0.2, 0.25) is 6.55 Å². The molecule has 8 rings (SSSR count). The first-order chi connectivity index (χ1) is 21.2. The Balaban J connectivity index is 1.42. The van der Waals surface area contributed by atoms with Crippen LogP contribution in [0.1, 0.15) is 0 Å². The minimum Gasteiger partial charge on any atom is -0.310 e. The van der Waals surface area contributed by atoms with Gasteiger partial charge in [0.2, 0.25) is 0 Å². The molecular weight excluding hydrogens is 535 g/mol. The molecule has 1 aliphatic heterocycles. The van der Waals surface area contributed by atoms with Crippen LogP contribution in [0.5, 0.6) is 0 Å². The van der Waals surface area contributed by atoms with Gasteiger partial charge in [-0.25, -0.2) is 0 Å². The second-order valence-corrected chi connectivity index (χ2v) is 15.3. The van der Waals surface area contributed by atoms with Crippen LogP contribution in [0.15, 0.2) is 170 Å². The number of benzene rings is 7. The SMILES string of the molecule is C[Si]1(c2ccccc2)c2ccccc2-c2cccc(N(c3ccc(-c4ccccc4)cc3)c3cccc4ccccc34)c21. The lowest BCUT2D eigenvalue weighted by Gasteiger charge is -2.34. The van der Waals surface area contributed by atoms with Crippen molar-refractivity contribution in [3.8, 4) is 22.3 Å². The molecule has 0 aromatic heterocycles. The average Bonchev–Trinajstić information content (AvgIpc) is 3.36. The highest BCUT2D eigenvalue weighted by atomic mass is 28.3. The standard InChI is InChI=1S/C41H31NSi/c1-43(34-18-6-3-7-19-34)40-25-11-10-21-36(40)37-22-13-24-39(41(37)43)42(38-23-12-17-32-16-8-9-20-35(32)38)33-28-26-31(27-29-33)30-14-4-2-5-15-30/h2-29H,1H3. The largest absolute Gasteiger partial charge is 0.310 e. The third kappa shape index (κ3) is 4.06. The molecule has 7 aromatic rings. The van der Waals surface area contributed by atoms with Crippen molar-refractivity contribution in [1.82, 2.24) is 0 Å². The van der Waals surface area contributed by atoms with Gasteiger partial charge in [-0.05, 0) is 67.5 Å². The zero-order valence-electron chi connectivity index (χ0n) is 24.1. The molecule has 43 heavy (non-hydrogen) atoms. The Hall–Kier alpha value is -5.18. The summed E-state index contributed by atoms with van der Waals surface area (Å²) in [6.45, 7) is 2.54. The lowest BCUT2D eigenvalue weighted by Crippen LogP contribution is -2.62. The number of hydrogen-bond donors (Lipinski definition) is 0. The molecule has 204 valence electrons. The molecule has 0 aliphatic carbocycles. The molecule has 7 aromatic carbocycles. The summed E-state index contributed by atoms with van der Waals surface area (Å²) >= 11 is 0. The second-order valence-electron chi connectivity index (χ2n) is 11.5. The molecule has 1 nitrogen and oxygen atoms in total. The van der Waals surface area contributed by atoms with Crippen molar-refractivity contribution in [3.63, 3.8) is 0 Å². The molecule has 0 bridgehead atoms. The third-order valence-electron chi connectivity index (χ3n) is 9.13. The summed E-state index contributed by atoms with van der Waals surface area (Å²) < 4.78 is 0. The quantitative estimate of drug-likeness (QED) is 0.188. The summed E-state index contributed by atoms with van der Waals surface area (Å²) in [4.78, 5) is 2.51. The molecule has 0 fully saturated rings. The third-order valence-corrected chi connectivity index (χ3v) is 13.7. The van der Waals surface area contributed by atoms with Crippen LogP contribution in [0, 0.1) is 0 Å². The molecule has 1 aliphatic rings. The van der Waals surface area contributed by atoms with E-state index >= 15 is 0 Å². The molecule has 0 amide bonds. The maximum atomic E-state index is 2.54. The van der Waals surface area contributed by atoms with Gasteiger partial charge in [0.15, 0.2) is 0 Å². The van der Waals surface area contributed by atoms with Gasteiger partial charge >= 0.3 is 0 Å². The molecule has 2 heteroatoms. The minimum atomic E-state index is -2.35. The van der Waals surface area contributed by atoms with Gasteiger partial charge in [0.1, 0.15) is 8.07 Å². The van der Waals surface area contributed by atoms with E-state index in [0.717, 1.165) is 5.69 Å². The van der Waals surface area contributed by atoms with Crippen LogP contribution in [0.3, 0.4) is 0 Å². The maximum Gasteiger partial charge on any atom is 0.149 e. The molecule has 0 saturated carbocycles. The highest BCUT2D eigenvalue weighted by molar-refractivity contribution is 7.14. The second kappa shape index (κ2) is 10.3. The summed E-state index contributed by atoms with van der Waals surface area (Å²) in [6.07, 6.45) is 0. The van der Waals surface area contributed by atoms with Gasteiger partial charge in [0, 0.05) is 16.8 Å². The van der Waals surface area contributed by atoms with Gasteiger partial charge in [-0.3, -0.25) is 0 Å². The Morgan fingerprint density at radius 3 is 1.84 bits per heavy atom. The lowest BCUT2D eigenvalue weighted by atomic mass is 10.0. The highest BCUT2D eigenvalue weighted by Crippen LogP contribution is 2.42. The van der Waals surface area contributed by atoms with Crippen molar-refractivity contribution in [2.75, 3.05) is 4.90 Å². The van der Waals surface area contributed by atoms with E-state index < -0.39 is 8.07 Å². The topological polar surface area (TPSA) is 3.24 Å². The predicted molar refractivity (Wildman–Crippen MR) is 186 cm³/mol. The highest BCUT2D eigenvalue weighted by Gasteiger charge is 2.45. The van der Waals surface area contributed by atoms with Crippen molar-refractivity contribution in [3.05, 3.63) is 170 Å². The van der Waals surface area contributed by atoms with Gasteiger partial charge in [0.25, 0.3) is 0 Å². The van der Waals surface area contributed by atoms with E-state index in [2.05, 4.69) is 181 Å². The normalized spacial score (nSPS) is 15.2. The number of nitrogens with zero attached hydrogens (tertiary/aromatic N) is 1. The predicted octanol–water partition coefficient (Wildman–Crippen LogP) is 9.06. The van der Waals surface area contributed by atoms with Crippen LogP contribution in [-0.4, -0.2) is 8.07 Å². The van der Waals surface area contributed by atoms with Crippen LogP contribution in [0.4, 0.5) is 17.1 Å². The lowest BCUT2D eigenvalue weighted by molar-refractivity contribution is 1.31. The number of anilines is 3. The van der Waals surface area contributed by atoms with Crippen molar-refractivity contribution in [2.24, 2.45) is 0 Å². The molecular formula is C41H31NSi. The first-order valence-electron chi connectivity index (χ1n) is 15.0. The first kappa shape index (κ1) is 25.5. The molecule has 0 saturated heterocycles. The molecule has 1 heterocycles. The molecule has 0 N–H and O–H groups in total. The van der Waals surface area contributed by atoms with Crippen LogP contribution >= 0.6 is 0 Å². The Labute approximate surface area is 254 Å². The zero-order valence-corrected chi connectivity index (χ0v) is 25.1. The van der Waals surface area contributed by atoms with Crippen LogP contribution in [0.25, 0.3) is 33.0 Å². The Morgan fingerprint density at radius 1 is 0.442 bits per heavy atom. The summed E-state index contributed by atoms with van der Waals surface area (Å²) in [5, 5.41) is 6.88. The number of rotatable bonds is 5. The summed E-state index contributed by atoms with van der Waals surface area (Å²) in [7, 11) is -2.35. The van der Waals surface area contributed by atoms with Crippen molar-refractivity contribution in [2.45, 2.75) is 6.55 Å². The van der Waals surface area contributed by atoms with E-state index in [-0.39, 0.29) is 0 Å². The van der Waals surface area contributed by atoms with Crippen LogP contribution < -0.4 is 20.5 Å². The molecule has 0 spiro atoms. The first-order valence-corrected chi connectivity index (χ1v) is 17.5.